The molecule has 1 fully saturated rings. The van der Waals surface area contributed by atoms with Crippen LogP contribution in [0, 0.1) is 5.92 Å². The minimum absolute atomic E-state index is 0.00457. The van der Waals surface area contributed by atoms with E-state index in [9.17, 15) is 4.79 Å². The first-order valence-corrected chi connectivity index (χ1v) is 5.08. The second-order valence-electron chi connectivity index (χ2n) is 4.56. The molecule has 1 rings (SSSR count). The van der Waals surface area contributed by atoms with Crippen LogP contribution in [0.1, 0.15) is 20.3 Å². The van der Waals surface area contributed by atoms with E-state index < -0.39 is 5.54 Å². The van der Waals surface area contributed by atoms with Crippen molar-refractivity contribution in [3.8, 4) is 0 Å². The number of carbonyl (C=O) groups is 1. The fraction of sp³-hybridized carbons (Fsp3) is 0.900. The van der Waals surface area contributed by atoms with Gasteiger partial charge in [0, 0.05) is 13.6 Å². The number of carbonyl (C=O) groups excluding carboxylic acids is 1. The Labute approximate surface area is 85.3 Å². The summed E-state index contributed by atoms with van der Waals surface area (Å²) in [7, 11) is 1.76. The molecule has 0 saturated carbocycles. The number of aliphatic hydroxyl groups excluding tert-OH is 1. The summed E-state index contributed by atoms with van der Waals surface area (Å²) < 4.78 is 0. The van der Waals surface area contributed by atoms with Gasteiger partial charge in [-0.2, -0.15) is 0 Å². The topological polar surface area (TPSA) is 52.6 Å². The van der Waals surface area contributed by atoms with Gasteiger partial charge in [0.2, 0.25) is 5.91 Å². The first-order chi connectivity index (χ1) is 6.49. The molecule has 1 atom stereocenters. The lowest BCUT2D eigenvalue weighted by molar-refractivity contribution is -0.139. The SMILES string of the molecule is CN(C(=O)C1CCNC1)C(C)(C)CO. The predicted molar refractivity (Wildman–Crippen MR) is 54.9 cm³/mol. The molecule has 0 aromatic rings. The summed E-state index contributed by atoms with van der Waals surface area (Å²) in [5, 5.41) is 12.3. The second kappa shape index (κ2) is 4.28. The van der Waals surface area contributed by atoms with Gasteiger partial charge in [-0.05, 0) is 26.8 Å². The fourth-order valence-electron chi connectivity index (χ4n) is 1.54. The van der Waals surface area contributed by atoms with Crippen LogP contribution in [-0.2, 0) is 4.79 Å². The third kappa shape index (κ3) is 2.25. The molecular formula is C10H20N2O2. The second-order valence-corrected chi connectivity index (χ2v) is 4.56. The van der Waals surface area contributed by atoms with Crippen molar-refractivity contribution >= 4 is 5.91 Å². The summed E-state index contributed by atoms with van der Waals surface area (Å²) in [6.45, 7) is 5.42. The number of rotatable bonds is 3. The highest BCUT2D eigenvalue weighted by Crippen LogP contribution is 2.18. The molecule has 1 saturated heterocycles. The van der Waals surface area contributed by atoms with E-state index in [2.05, 4.69) is 5.32 Å². The standard InChI is InChI=1S/C10H20N2O2/c1-10(2,7-13)12(3)9(14)8-4-5-11-6-8/h8,11,13H,4-7H2,1-3H3. The van der Waals surface area contributed by atoms with Crippen LogP contribution in [0.5, 0.6) is 0 Å². The van der Waals surface area contributed by atoms with Gasteiger partial charge >= 0.3 is 0 Å². The van der Waals surface area contributed by atoms with Crippen LogP contribution >= 0.6 is 0 Å². The minimum Gasteiger partial charge on any atom is -0.394 e. The van der Waals surface area contributed by atoms with Crippen molar-refractivity contribution in [1.82, 2.24) is 10.2 Å². The number of nitrogens with zero attached hydrogens (tertiary/aromatic N) is 1. The maximum atomic E-state index is 11.9. The van der Waals surface area contributed by atoms with Crippen molar-refractivity contribution in [2.75, 3.05) is 26.7 Å². The van der Waals surface area contributed by atoms with E-state index >= 15 is 0 Å². The summed E-state index contributed by atoms with van der Waals surface area (Å²) in [5.41, 5.74) is -0.459. The van der Waals surface area contributed by atoms with Gasteiger partial charge in [0.15, 0.2) is 0 Å². The average molecular weight is 200 g/mol. The van der Waals surface area contributed by atoms with Crippen molar-refractivity contribution in [3.63, 3.8) is 0 Å². The number of amides is 1. The number of likely N-dealkylation sites (N-methyl/N-ethyl adjacent to an activating group) is 1. The molecule has 2 N–H and O–H groups in total. The normalized spacial score (nSPS) is 22.4. The molecule has 1 unspecified atom stereocenters. The fourth-order valence-corrected chi connectivity index (χ4v) is 1.54. The number of hydrogen-bond acceptors (Lipinski definition) is 3. The summed E-state index contributed by atoms with van der Waals surface area (Å²) in [4.78, 5) is 13.6. The first-order valence-electron chi connectivity index (χ1n) is 5.08. The molecule has 0 radical (unpaired) electrons. The number of aliphatic hydroxyl groups is 1. The van der Waals surface area contributed by atoms with Crippen LogP contribution in [0.25, 0.3) is 0 Å². The van der Waals surface area contributed by atoms with Gasteiger partial charge in [-0.3, -0.25) is 4.79 Å². The summed E-state index contributed by atoms with van der Waals surface area (Å²) in [6.07, 6.45) is 0.907. The molecule has 14 heavy (non-hydrogen) atoms. The zero-order chi connectivity index (χ0) is 10.8. The lowest BCUT2D eigenvalue weighted by Crippen LogP contribution is -2.50. The molecule has 1 amide bonds. The van der Waals surface area contributed by atoms with E-state index in [1.807, 2.05) is 13.8 Å². The maximum Gasteiger partial charge on any atom is 0.227 e. The van der Waals surface area contributed by atoms with Gasteiger partial charge in [-0.1, -0.05) is 0 Å². The Kier molecular flexibility index (Phi) is 3.50. The summed E-state index contributed by atoms with van der Waals surface area (Å²) in [6, 6.07) is 0. The molecule has 4 heteroatoms. The van der Waals surface area contributed by atoms with Gasteiger partial charge in [0.25, 0.3) is 0 Å². The van der Waals surface area contributed by atoms with Crippen LogP contribution in [0.15, 0.2) is 0 Å². The third-order valence-corrected chi connectivity index (χ3v) is 3.04. The third-order valence-electron chi connectivity index (χ3n) is 3.04. The Morgan fingerprint density at radius 3 is 2.71 bits per heavy atom. The Hall–Kier alpha value is -0.610. The van der Waals surface area contributed by atoms with E-state index in [1.165, 1.54) is 0 Å². The molecule has 4 nitrogen and oxygen atoms in total. The molecule has 1 heterocycles. The van der Waals surface area contributed by atoms with Crippen LogP contribution < -0.4 is 5.32 Å². The molecule has 1 aliphatic heterocycles. The Morgan fingerprint density at radius 2 is 2.29 bits per heavy atom. The van der Waals surface area contributed by atoms with Gasteiger partial charge in [0.1, 0.15) is 0 Å². The molecule has 0 bridgehead atoms. The van der Waals surface area contributed by atoms with Crippen molar-refractivity contribution in [1.29, 1.82) is 0 Å². The minimum atomic E-state index is -0.459. The molecule has 0 aliphatic carbocycles. The summed E-state index contributed by atoms with van der Waals surface area (Å²) >= 11 is 0. The summed E-state index contributed by atoms with van der Waals surface area (Å²) in [5.74, 6) is 0.222. The predicted octanol–water partition coefficient (Wildman–Crippen LogP) is -0.175. The van der Waals surface area contributed by atoms with E-state index in [1.54, 1.807) is 11.9 Å². The Morgan fingerprint density at radius 1 is 1.64 bits per heavy atom. The van der Waals surface area contributed by atoms with Gasteiger partial charge < -0.3 is 15.3 Å². The molecule has 0 aromatic heterocycles. The van der Waals surface area contributed by atoms with Crippen LogP contribution in [-0.4, -0.2) is 48.2 Å². The molecule has 82 valence electrons. The first kappa shape index (κ1) is 11.5. The molecule has 0 spiro atoms. The van der Waals surface area contributed by atoms with E-state index in [-0.39, 0.29) is 18.4 Å². The van der Waals surface area contributed by atoms with Crippen molar-refractivity contribution in [2.45, 2.75) is 25.8 Å². The van der Waals surface area contributed by atoms with Crippen molar-refractivity contribution < 1.29 is 9.90 Å². The van der Waals surface area contributed by atoms with Gasteiger partial charge in [-0.15, -0.1) is 0 Å². The number of nitrogens with one attached hydrogen (secondary N) is 1. The average Bonchev–Trinajstić information content (AvgIpc) is 2.68. The van der Waals surface area contributed by atoms with Crippen LogP contribution in [0.4, 0.5) is 0 Å². The lowest BCUT2D eigenvalue weighted by atomic mass is 10.0. The van der Waals surface area contributed by atoms with Gasteiger partial charge in [0.05, 0.1) is 18.1 Å². The van der Waals surface area contributed by atoms with Crippen LogP contribution in [0.2, 0.25) is 0 Å². The highest BCUT2D eigenvalue weighted by molar-refractivity contribution is 5.79. The van der Waals surface area contributed by atoms with Crippen molar-refractivity contribution in [3.05, 3.63) is 0 Å². The van der Waals surface area contributed by atoms with E-state index in [4.69, 9.17) is 5.11 Å². The lowest BCUT2D eigenvalue weighted by Gasteiger charge is -2.35. The number of hydrogen-bond donors (Lipinski definition) is 2. The van der Waals surface area contributed by atoms with E-state index in [0.29, 0.717) is 0 Å². The molecule has 1 aliphatic rings. The zero-order valence-corrected chi connectivity index (χ0v) is 9.21. The zero-order valence-electron chi connectivity index (χ0n) is 9.21. The molecular weight excluding hydrogens is 180 g/mol. The van der Waals surface area contributed by atoms with E-state index in [0.717, 1.165) is 19.5 Å². The van der Waals surface area contributed by atoms with Gasteiger partial charge in [-0.25, -0.2) is 0 Å². The van der Waals surface area contributed by atoms with Crippen LogP contribution in [0.3, 0.4) is 0 Å². The molecule has 0 aromatic carbocycles. The highest BCUT2D eigenvalue weighted by atomic mass is 16.3. The Balaban J connectivity index is 2.59. The largest absolute Gasteiger partial charge is 0.394 e. The monoisotopic (exact) mass is 200 g/mol. The quantitative estimate of drug-likeness (QED) is 0.665. The highest BCUT2D eigenvalue weighted by Gasteiger charge is 2.32. The smallest absolute Gasteiger partial charge is 0.227 e. The van der Waals surface area contributed by atoms with Crippen molar-refractivity contribution in [2.24, 2.45) is 5.92 Å². The Bertz CT molecular complexity index is 210. The maximum absolute atomic E-state index is 11.9.